The zero-order valence-electron chi connectivity index (χ0n) is 4.12. The van der Waals surface area contributed by atoms with Gasteiger partial charge in [0.1, 0.15) is 6.26 Å². The summed E-state index contributed by atoms with van der Waals surface area (Å²) in [5.41, 5.74) is 0. The van der Waals surface area contributed by atoms with Crippen molar-refractivity contribution in [2.75, 3.05) is 0 Å². The number of halogens is 2. The Kier molecular flexibility index (Phi) is 4.13. The van der Waals surface area contributed by atoms with Crippen LogP contribution in [-0.4, -0.2) is 4.98 Å². The molecule has 9 heavy (non-hydrogen) atoms. The number of aromatic nitrogens is 1. The Balaban J connectivity index is 2.48. The Bertz CT molecular complexity index is 168. The van der Waals surface area contributed by atoms with Gasteiger partial charge < -0.3 is 4.42 Å². The van der Waals surface area contributed by atoms with Gasteiger partial charge in [-0.3, -0.25) is 0 Å². The van der Waals surface area contributed by atoms with Crippen molar-refractivity contribution in [1.29, 1.82) is 0 Å². The first-order valence-electron chi connectivity index (χ1n) is 1.98. The number of oxazole rings is 1. The predicted octanol–water partition coefficient (Wildman–Crippen LogP) is 3.86. The summed E-state index contributed by atoms with van der Waals surface area (Å²) in [6, 6.07) is 0. The van der Waals surface area contributed by atoms with E-state index in [0.29, 0.717) is 0 Å². The summed E-state index contributed by atoms with van der Waals surface area (Å²) in [6.45, 7) is 0. The molecule has 0 saturated heterocycles. The van der Waals surface area contributed by atoms with E-state index in [-0.39, 0.29) is 2.41 Å². The molecule has 0 spiro atoms. The molecule has 0 aliphatic heterocycles. The topological polar surface area (TPSA) is 26.0 Å². The van der Waals surface area contributed by atoms with Gasteiger partial charge in [0.25, 0.3) is 5.22 Å². The summed E-state index contributed by atoms with van der Waals surface area (Å²) in [5.74, 6) is 0. The smallest absolute Gasteiger partial charge is 0.261 e. The molecule has 0 fully saturated rings. The van der Waals surface area contributed by atoms with Crippen LogP contribution in [0.25, 0.3) is 0 Å². The maximum absolute atomic E-state index is 5.00. The SMILES string of the molecule is IP(I)Sc1ncco1. The summed E-state index contributed by atoms with van der Waals surface area (Å²) in [6.07, 6.45) is 3.25. The minimum atomic E-state index is -0.0506. The molecule has 0 aromatic carbocycles. The van der Waals surface area contributed by atoms with E-state index >= 15 is 0 Å². The quantitative estimate of drug-likeness (QED) is 0.572. The van der Waals surface area contributed by atoms with E-state index in [4.69, 9.17) is 4.42 Å². The molecular formula is C3H2I2NOPS. The third kappa shape index (κ3) is 3.38. The third-order valence-electron chi connectivity index (χ3n) is 0.557. The lowest BCUT2D eigenvalue weighted by molar-refractivity contribution is 0.456. The molecule has 0 unspecified atom stereocenters. The van der Waals surface area contributed by atoms with Gasteiger partial charge in [-0.05, 0) is 55.5 Å². The van der Waals surface area contributed by atoms with E-state index in [1.165, 1.54) is 0 Å². The minimum Gasteiger partial charge on any atom is -0.440 e. The van der Waals surface area contributed by atoms with Crippen LogP contribution in [0.5, 0.6) is 0 Å². The van der Waals surface area contributed by atoms with Crippen LogP contribution in [-0.2, 0) is 0 Å². The zero-order chi connectivity index (χ0) is 6.69. The van der Waals surface area contributed by atoms with Crippen molar-refractivity contribution in [2.45, 2.75) is 5.22 Å². The number of rotatable bonds is 2. The molecule has 0 atom stereocenters. The van der Waals surface area contributed by atoms with E-state index in [9.17, 15) is 0 Å². The number of hydrogen-bond acceptors (Lipinski definition) is 3. The van der Waals surface area contributed by atoms with Crippen molar-refractivity contribution in [2.24, 2.45) is 0 Å². The molecule has 1 heterocycles. The molecule has 50 valence electrons. The van der Waals surface area contributed by atoms with Crippen molar-refractivity contribution in [3.8, 4) is 0 Å². The lowest BCUT2D eigenvalue weighted by Crippen LogP contribution is -1.58. The number of nitrogens with zero attached hydrogens (tertiary/aromatic N) is 1. The summed E-state index contributed by atoms with van der Waals surface area (Å²) >= 11 is 6.38. The molecule has 2 nitrogen and oxygen atoms in total. The van der Waals surface area contributed by atoms with Crippen LogP contribution in [0.3, 0.4) is 0 Å². The van der Waals surface area contributed by atoms with Crippen LogP contribution < -0.4 is 0 Å². The Morgan fingerprint density at radius 2 is 2.44 bits per heavy atom. The zero-order valence-corrected chi connectivity index (χ0v) is 10.1. The molecule has 0 N–H and O–H groups in total. The maximum atomic E-state index is 5.00. The average molecular weight is 385 g/mol. The second-order valence-electron chi connectivity index (χ2n) is 1.09. The summed E-state index contributed by atoms with van der Waals surface area (Å²) in [5, 5.41) is 0.768. The van der Waals surface area contributed by atoms with Gasteiger partial charge in [-0.1, -0.05) is 0 Å². The van der Waals surface area contributed by atoms with Crippen LogP contribution in [0.2, 0.25) is 0 Å². The van der Waals surface area contributed by atoms with Crippen molar-refractivity contribution < 1.29 is 4.42 Å². The Morgan fingerprint density at radius 1 is 1.67 bits per heavy atom. The Hall–Kier alpha value is 1.45. The van der Waals surface area contributed by atoms with E-state index in [2.05, 4.69) is 49.1 Å². The fourth-order valence-corrected chi connectivity index (χ4v) is 4.30. The van der Waals surface area contributed by atoms with Gasteiger partial charge >= 0.3 is 0 Å². The molecule has 0 radical (unpaired) electrons. The highest BCUT2D eigenvalue weighted by Crippen LogP contribution is 2.66. The molecule has 0 amide bonds. The molecule has 0 aliphatic carbocycles. The first-order chi connectivity index (χ1) is 4.29. The molecule has 6 heteroatoms. The van der Waals surface area contributed by atoms with Gasteiger partial charge in [0, 0.05) is 0 Å². The van der Waals surface area contributed by atoms with Gasteiger partial charge in [0.15, 0.2) is 0 Å². The summed E-state index contributed by atoms with van der Waals surface area (Å²) < 4.78 is 4.95. The van der Waals surface area contributed by atoms with Crippen molar-refractivity contribution >= 4 is 57.9 Å². The molecule has 1 aromatic heterocycles. The van der Waals surface area contributed by atoms with Crippen LogP contribution in [0, 0.1) is 0 Å². The van der Waals surface area contributed by atoms with Crippen LogP contribution in [0.1, 0.15) is 0 Å². The van der Waals surface area contributed by atoms with Gasteiger partial charge in [-0.2, -0.15) is 0 Å². The predicted molar refractivity (Wildman–Crippen MR) is 57.3 cm³/mol. The molecule has 1 rings (SSSR count). The van der Waals surface area contributed by atoms with E-state index in [1.807, 2.05) is 0 Å². The van der Waals surface area contributed by atoms with Gasteiger partial charge in [-0.15, -0.1) is 0 Å². The summed E-state index contributed by atoms with van der Waals surface area (Å²) in [7, 11) is 0. The minimum absolute atomic E-state index is 0.0506. The Morgan fingerprint density at radius 3 is 2.89 bits per heavy atom. The van der Waals surface area contributed by atoms with Crippen molar-refractivity contribution in [3.05, 3.63) is 12.5 Å². The van der Waals surface area contributed by atoms with Crippen molar-refractivity contribution in [3.63, 3.8) is 0 Å². The third-order valence-corrected chi connectivity index (χ3v) is 5.48. The van der Waals surface area contributed by atoms with Crippen LogP contribution in [0.15, 0.2) is 22.1 Å². The largest absolute Gasteiger partial charge is 0.440 e. The second-order valence-corrected chi connectivity index (χ2v) is 18.9. The highest BCUT2D eigenvalue weighted by Gasteiger charge is 2.03. The molecule has 0 aliphatic rings. The van der Waals surface area contributed by atoms with Crippen molar-refractivity contribution in [1.82, 2.24) is 4.98 Å². The average Bonchev–Trinajstić information content (AvgIpc) is 2.15. The highest BCUT2D eigenvalue weighted by atomic mass is 127. The molecular weight excluding hydrogens is 383 g/mol. The summed E-state index contributed by atoms with van der Waals surface area (Å²) in [4.78, 5) is 3.96. The van der Waals surface area contributed by atoms with Crippen LogP contribution in [0.4, 0.5) is 0 Å². The second kappa shape index (κ2) is 4.35. The fraction of sp³-hybridized carbons (Fsp3) is 0. The van der Waals surface area contributed by atoms with Crippen LogP contribution >= 0.6 is 57.9 Å². The molecule has 0 bridgehead atoms. The number of hydrogen-bond donors (Lipinski definition) is 0. The Labute approximate surface area is 84.0 Å². The normalized spacial score (nSPS) is 10.6. The first-order valence-corrected chi connectivity index (χ1v) is 10.3. The van der Waals surface area contributed by atoms with E-state index in [1.54, 1.807) is 23.8 Å². The first kappa shape index (κ1) is 8.55. The van der Waals surface area contributed by atoms with Gasteiger partial charge in [0.2, 0.25) is 0 Å². The molecule has 1 aromatic rings. The highest BCUT2D eigenvalue weighted by molar-refractivity contribution is 14.3. The monoisotopic (exact) mass is 385 g/mol. The maximum Gasteiger partial charge on any atom is 0.261 e. The standard InChI is InChI=1S/C3H2I2NOPS/c4-8(5)9-3-6-1-2-7-3/h1-2H. The fourth-order valence-electron chi connectivity index (χ4n) is 0.314. The van der Waals surface area contributed by atoms with Gasteiger partial charge in [-0.25, -0.2) is 4.98 Å². The van der Waals surface area contributed by atoms with Gasteiger partial charge in [0.05, 0.1) is 8.61 Å². The lowest BCUT2D eigenvalue weighted by atomic mass is 11.0. The molecule has 0 saturated carbocycles. The van der Waals surface area contributed by atoms with E-state index < -0.39 is 0 Å². The lowest BCUT2D eigenvalue weighted by Gasteiger charge is -1.91. The van der Waals surface area contributed by atoms with E-state index in [0.717, 1.165) is 5.22 Å².